The number of nitrogens with one attached hydrogen (secondary N) is 1. The largest absolute Gasteiger partial charge is 0.489 e. The molecule has 0 aliphatic carbocycles. The summed E-state index contributed by atoms with van der Waals surface area (Å²) in [5.41, 5.74) is 5.77. The first kappa shape index (κ1) is 12.7. The third-order valence-electron chi connectivity index (χ3n) is 2.15. The lowest BCUT2D eigenvalue weighted by Crippen LogP contribution is -2.38. The van der Waals surface area contributed by atoms with Crippen LogP contribution in [0.5, 0.6) is 0 Å². The molecule has 0 aliphatic heterocycles. The minimum absolute atomic E-state index is 0.202. The highest BCUT2D eigenvalue weighted by molar-refractivity contribution is 6.60. The molecule has 0 saturated heterocycles. The van der Waals surface area contributed by atoms with E-state index in [9.17, 15) is 4.79 Å². The summed E-state index contributed by atoms with van der Waals surface area (Å²) in [6.45, 7) is 0.982. The second-order valence-corrected chi connectivity index (χ2v) is 3.36. The van der Waals surface area contributed by atoms with Crippen molar-refractivity contribution in [2.24, 2.45) is 5.73 Å². The highest BCUT2D eigenvalue weighted by Crippen LogP contribution is 1.97. The monoisotopic (exact) mass is 222 g/mol. The van der Waals surface area contributed by atoms with Gasteiger partial charge >= 0.3 is 7.12 Å². The molecule has 16 heavy (non-hydrogen) atoms. The predicted molar refractivity (Wildman–Crippen MR) is 62.3 cm³/mol. The molecule has 1 aromatic carbocycles. The Bertz CT molecular complexity index is 358. The highest BCUT2D eigenvalue weighted by atomic mass is 16.4. The summed E-state index contributed by atoms with van der Waals surface area (Å²) < 4.78 is 0. The first-order chi connectivity index (χ1) is 7.66. The van der Waals surface area contributed by atoms with E-state index in [1.165, 1.54) is 6.07 Å². The number of hydrogen-bond donors (Lipinski definition) is 4. The summed E-state index contributed by atoms with van der Waals surface area (Å²) in [5.74, 6) is -0.322. The van der Waals surface area contributed by atoms with Crippen molar-refractivity contribution in [2.45, 2.75) is 6.42 Å². The van der Waals surface area contributed by atoms with E-state index in [0.29, 0.717) is 19.5 Å². The zero-order chi connectivity index (χ0) is 12.0. The first-order valence-electron chi connectivity index (χ1n) is 5.10. The number of nitrogens with two attached hydrogens (primary N) is 1. The molecular formula is C10H15BN2O3. The molecule has 0 atom stereocenters. The fraction of sp³-hybridized carbons (Fsp3) is 0.300. The van der Waals surface area contributed by atoms with Crippen molar-refractivity contribution in [3.63, 3.8) is 0 Å². The van der Waals surface area contributed by atoms with Gasteiger partial charge in [0.25, 0.3) is 5.91 Å². The van der Waals surface area contributed by atoms with Crippen LogP contribution in [0.15, 0.2) is 24.3 Å². The van der Waals surface area contributed by atoms with Crippen LogP contribution in [0.2, 0.25) is 0 Å². The molecule has 5 nitrogen and oxygen atoms in total. The molecule has 1 amide bonds. The molecule has 0 heterocycles. The number of carbonyl (C=O) groups is 1. The molecule has 0 saturated carbocycles. The SMILES string of the molecule is NCCCNC(=O)c1ccccc1B(O)O. The van der Waals surface area contributed by atoms with Gasteiger partial charge in [0.15, 0.2) is 0 Å². The van der Waals surface area contributed by atoms with Gasteiger partial charge in [0, 0.05) is 12.1 Å². The number of hydrogen-bond acceptors (Lipinski definition) is 4. The quantitative estimate of drug-likeness (QED) is 0.358. The molecular weight excluding hydrogens is 207 g/mol. The van der Waals surface area contributed by atoms with Crippen LogP contribution in [-0.2, 0) is 0 Å². The van der Waals surface area contributed by atoms with E-state index in [4.69, 9.17) is 15.8 Å². The van der Waals surface area contributed by atoms with E-state index >= 15 is 0 Å². The molecule has 0 bridgehead atoms. The van der Waals surface area contributed by atoms with Crippen molar-refractivity contribution >= 4 is 18.5 Å². The average molecular weight is 222 g/mol. The van der Waals surface area contributed by atoms with Crippen molar-refractivity contribution in [2.75, 3.05) is 13.1 Å². The summed E-state index contributed by atoms with van der Waals surface area (Å²) >= 11 is 0. The Morgan fingerprint density at radius 2 is 2.06 bits per heavy atom. The van der Waals surface area contributed by atoms with Crippen LogP contribution in [0.3, 0.4) is 0 Å². The van der Waals surface area contributed by atoms with Gasteiger partial charge in [-0.3, -0.25) is 4.79 Å². The summed E-state index contributed by atoms with van der Waals surface area (Å²) in [7, 11) is -1.64. The molecule has 0 radical (unpaired) electrons. The van der Waals surface area contributed by atoms with E-state index < -0.39 is 7.12 Å². The summed E-state index contributed by atoms with van der Waals surface area (Å²) in [4.78, 5) is 11.7. The van der Waals surface area contributed by atoms with Crippen molar-refractivity contribution in [1.82, 2.24) is 5.32 Å². The van der Waals surface area contributed by atoms with E-state index in [2.05, 4.69) is 5.32 Å². The molecule has 86 valence electrons. The molecule has 0 aliphatic rings. The van der Waals surface area contributed by atoms with Crippen LogP contribution in [0.4, 0.5) is 0 Å². The first-order valence-corrected chi connectivity index (χ1v) is 5.10. The van der Waals surface area contributed by atoms with E-state index in [-0.39, 0.29) is 16.9 Å². The van der Waals surface area contributed by atoms with E-state index in [1.807, 2.05) is 0 Å². The maximum Gasteiger partial charge on any atom is 0.489 e. The van der Waals surface area contributed by atoms with Crippen LogP contribution < -0.4 is 16.5 Å². The average Bonchev–Trinajstić information content (AvgIpc) is 2.29. The van der Waals surface area contributed by atoms with Gasteiger partial charge in [-0.2, -0.15) is 0 Å². The summed E-state index contributed by atoms with van der Waals surface area (Å²) in [6.07, 6.45) is 0.690. The Morgan fingerprint density at radius 3 is 2.69 bits per heavy atom. The van der Waals surface area contributed by atoms with Gasteiger partial charge in [0.05, 0.1) is 0 Å². The maximum atomic E-state index is 11.7. The van der Waals surface area contributed by atoms with E-state index in [0.717, 1.165) is 0 Å². The van der Waals surface area contributed by atoms with E-state index in [1.54, 1.807) is 18.2 Å². The smallest absolute Gasteiger partial charge is 0.423 e. The minimum Gasteiger partial charge on any atom is -0.423 e. The standard InChI is InChI=1S/C10H15BN2O3/c12-6-3-7-13-10(14)8-4-1-2-5-9(8)11(15)16/h1-2,4-5,15-16H,3,6-7,12H2,(H,13,14). The fourth-order valence-electron chi connectivity index (χ4n) is 1.33. The molecule has 0 aromatic heterocycles. The lowest BCUT2D eigenvalue weighted by molar-refractivity contribution is 0.0954. The maximum absolute atomic E-state index is 11.7. The lowest BCUT2D eigenvalue weighted by atomic mass is 9.77. The molecule has 0 fully saturated rings. The Labute approximate surface area is 94.4 Å². The fourth-order valence-corrected chi connectivity index (χ4v) is 1.33. The zero-order valence-corrected chi connectivity index (χ0v) is 8.89. The van der Waals surface area contributed by atoms with Crippen LogP contribution in [0, 0.1) is 0 Å². The number of benzene rings is 1. The topological polar surface area (TPSA) is 95.6 Å². The zero-order valence-electron chi connectivity index (χ0n) is 8.89. The van der Waals surface area contributed by atoms with Crippen LogP contribution in [-0.4, -0.2) is 36.2 Å². The Kier molecular flexibility index (Phi) is 4.98. The van der Waals surface area contributed by atoms with Gasteiger partial charge in [0.2, 0.25) is 0 Å². The summed E-state index contributed by atoms with van der Waals surface area (Å²) in [5, 5.41) is 20.8. The molecule has 1 rings (SSSR count). The second-order valence-electron chi connectivity index (χ2n) is 3.36. The molecule has 1 aromatic rings. The normalized spacial score (nSPS) is 9.94. The van der Waals surface area contributed by atoms with Gasteiger partial charge < -0.3 is 21.1 Å². The van der Waals surface area contributed by atoms with Gasteiger partial charge in [-0.15, -0.1) is 0 Å². The van der Waals surface area contributed by atoms with Crippen molar-refractivity contribution in [3.8, 4) is 0 Å². The van der Waals surface area contributed by atoms with Crippen molar-refractivity contribution in [3.05, 3.63) is 29.8 Å². The van der Waals surface area contributed by atoms with Gasteiger partial charge in [-0.1, -0.05) is 18.2 Å². The number of carbonyl (C=O) groups excluding carboxylic acids is 1. The highest BCUT2D eigenvalue weighted by Gasteiger charge is 2.19. The van der Waals surface area contributed by atoms with Crippen molar-refractivity contribution < 1.29 is 14.8 Å². The van der Waals surface area contributed by atoms with Gasteiger partial charge in [-0.05, 0) is 24.5 Å². The summed E-state index contributed by atoms with van der Waals surface area (Å²) in [6, 6.07) is 6.37. The number of rotatable bonds is 5. The van der Waals surface area contributed by atoms with Gasteiger partial charge in [0.1, 0.15) is 0 Å². The second kappa shape index (κ2) is 6.27. The van der Waals surface area contributed by atoms with Crippen molar-refractivity contribution in [1.29, 1.82) is 0 Å². The predicted octanol–water partition coefficient (Wildman–Crippen LogP) is -1.56. The third-order valence-corrected chi connectivity index (χ3v) is 2.15. The van der Waals surface area contributed by atoms with Crippen LogP contribution in [0.1, 0.15) is 16.8 Å². The molecule has 6 heteroatoms. The third kappa shape index (κ3) is 3.34. The van der Waals surface area contributed by atoms with Crippen LogP contribution in [0.25, 0.3) is 0 Å². The molecule has 0 spiro atoms. The Balaban J connectivity index is 2.74. The molecule has 0 unspecified atom stereocenters. The minimum atomic E-state index is -1.64. The van der Waals surface area contributed by atoms with Crippen LogP contribution >= 0.6 is 0 Å². The van der Waals surface area contributed by atoms with Gasteiger partial charge in [-0.25, -0.2) is 0 Å². The Hall–Kier alpha value is -1.37. The Morgan fingerprint density at radius 1 is 1.38 bits per heavy atom. The lowest BCUT2D eigenvalue weighted by Gasteiger charge is -2.08. The molecule has 5 N–H and O–H groups in total. The number of amides is 1.